The van der Waals surface area contributed by atoms with Crippen molar-refractivity contribution in [1.29, 1.82) is 0 Å². The smallest absolute Gasteiger partial charge is 0.260 e. The first-order valence-corrected chi connectivity index (χ1v) is 12.1. The van der Waals surface area contributed by atoms with Crippen molar-refractivity contribution in [3.05, 3.63) is 59.1 Å². The predicted octanol–water partition coefficient (Wildman–Crippen LogP) is 3.58. The third-order valence-electron chi connectivity index (χ3n) is 6.40. The number of amides is 2. The summed E-state index contributed by atoms with van der Waals surface area (Å²) in [5.74, 6) is 1.03. The van der Waals surface area contributed by atoms with E-state index in [0.717, 1.165) is 25.0 Å². The molecule has 8 heteroatoms. The summed E-state index contributed by atoms with van der Waals surface area (Å²) in [4.78, 5) is 29.8. The number of nitrogens with zero attached hydrogens (tertiary/aromatic N) is 2. The highest BCUT2D eigenvalue weighted by atomic mass is 35.5. The number of halogens is 1. The maximum atomic E-state index is 13.5. The Balaban J connectivity index is 1.45. The Morgan fingerprint density at radius 2 is 1.88 bits per heavy atom. The molecular formula is C26H31ClN2O5. The van der Waals surface area contributed by atoms with Crippen LogP contribution in [0.4, 0.5) is 0 Å². The zero-order valence-corrected chi connectivity index (χ0v) is 20.3. The van der Waals surface area contributed by atoms with Crippen molar-refractivity contribution in [3.8, 4) is 11.5 Å². The largest absolute Gasteiger partial charge is 0.491 e. The van der Waals surface area contributed by atoms with Gasteiger partial charge in [0.15, 0.2) is 12.2 Å². The van der Waals surface area contributed by atoms with Gasteiger partial charge >= 0.3 is 0 Å². The molecule has 2 aliphatic rings. The number of aryl methyl sites for hydroxylation is 1. The molecule has 0 aliphatic carbocycles. The molecule has 1 saturated heterocycles. The van der Waals surface area contributed by atoms with Gasteiger partial charge in [0.25, 0.3) is 11.8 Å². The van der Waals surface area contributed by atoms with Crippen LogP contribution in [-0.2, 0) is 20.7 Å². The number of hydrogen-bond acceptors (Lipinski definition) is 5. The number of rotatable bonds is 3. The summed E-state index contributed by atoms with van der Waals surface area (Å²) in [5, 5.41) is 0.452. The minimum Gasteiger partial charge on any atom is -0.491 e. The van der Waals surface area contributed by atoms with Gasteiger partial charge in [-0.15, -0.1) is 0 Å². The van der Waals surface area contributed by atoms with Crippen LogP contribution in [0.25, 0.3) is 0 Å². The van der Waals surface area contributed by atoms with E-state index in [4.69, 9.17) is 25.8 Å². The van der Waals surface area contributed by atoms with E-state index in [9.17, 15) is 9.59 Å². The number of hydrogen-bond donors (Lipinski definition) is 0. The van der Waals surface area contributed by atoms with Gasteiger partial charge in [-0.1, -0.05) is 41.9 Å². The van der Waals surface area contributed by atoms with Gasteiger partial charge in [-0.25, -0.2) is 0 Å². The average Bonchev–Trinajstić information content (AvgIpc) is 2.85. The number of ether oxygens (including phenoxy) is 3. The Morgan fingerprint density at radius 1 is 1.09 bits per heavy atom. The Kier molecular flexibility index (Phi) is 7.95. The molecule has 34 heavy (non-hydrogen) atoms. The number of morpholine rings is 1. The molecule has 2 aromatic rings. The van der Waals surface area contributed by atoms with Gasteiger partial charge in [-0.3, -0.25) is 9.59 Å². The minimum absolute atomic E-state index is 0.116. The minimum atomic E-state index is -1.06. The number of carbonyl (C=O) groups is 2. The topological polar surface area (TPSA) is 68.3 Å². The summed E-state index contributed by atoms with van der Waals surface area (Å²) in [6, 6.07) is 15.1. The molecule has 182 valence electrons. The van der Waals surface area contributed by atoms with Crippen molar-refractivity contribution in [2.45, 2.75) is 31.3 Å². The second kappa shape index (κ2) is 11.1. The first-order chi connectivity index (χ1) is 16.5. The molecule has 1 spiro atoms. The second-order valence-electron chi connectivity index (χ2n) is 8.77. The maximum absolute atomic E-state index is 13.5. The van der Waals surface area contributed by atoms with Crippen LogP contribution in [0.5, 0.6) is 11.5 Å². The molecule has 2 amide bonds. The molecule has 0 N–H and O–H groups in total. The third kappa shape index (κ3) is 5.65. The number of likely N-dealkylation sites (N-methyl/N-ethyl adjacent to an activating group) is 1. The van der Waals surface area contributed by atoms with Gasteiger partial charge in [0.05, 0.1) is 24.7 Å². The zero-order valence-electron chi connectivity index (χ0n) is 19.5. The lowest BCUT2D eigenvalue weighted by Gasteiger charge is -2.43. The van der Waals surface area contributed by atoms with Crippen LogP contribution in [-0.4, -0.2) is 73.7 Å². The third-order valence-corrected chi connectivity index (χ3v) is 6.71. The number of para-hydroxylation sites is 2. The van der Waals surface area contributed by atoms with Crippen LogP contribution >= 0.6 is 11.6 Å². The highest BCUT2D eigenvalue weighted by molar-refractivity contribution is 6.32. The van der Waals surface area contributed by atoms with Gasteiger partial charge in [0, 0.05) is 13.6 Å². The van der Waals surface area contributed by atoms with Crippen LogP contribution in [0.15, 0.2) is 48.5 Å². The van der Waals surface area contributed by atoms with E-state index in [1.807, 2.05) is 18.2 Å². The van der Waals surface area contributed by atoms with Crippen molar-refractivity contribution in [1.82, 2.24) is 9.80 Å². The van der Waals surface area contributed by atoms with E-state index in [-0.39, 0.29) is 25.0 Å². The van der Waals surface area contributed by atoms with E-state index < -0.39 is 5.60 Å². The summed E-state index contributed by atoms with van der Waals surface area (Å²) in [6.07, 6.45) is 3.11. The lowest BCUT2D eigenvalue weighted by molar-refractivity contribution is -0.176. The second-order valence-corrected chi connectivity index (χ2v) is 9.17. The van der Waals surface area contributed by atoms with Gasteiger partial charge < -0.3 is 24.0 Å². The normalized spacial score (nSPS) is 21.8. The van der Waals surface area contributed by atoms with Crippen LogP contribution < -0.4 is 9.47 Å². The molecule has 1 unspecified atom stereocenters. The van der Waals surface area contributed by atoms with Gasteiger partial charge in [0.1, 0.15) is 18.1 Å². The Bertz CT molecular complexity index is 1020. The van der Waals surface area contributed by atoms with Gasteiger partial charge in [0.2, 0.25) is 0 Å². The molecule has 1 fully saturated rings. The standard InChI is InChI=1S/C26H31ClN2O5/c1-28-14-16-32-22-11-4-2-8-20(22)9-6-7-13-26(25(28)31)19-29(15-17-34-26)24(30)18-33-23-12-5-3-10-21(23)27/h2-5,8,10-12H,6-7,9,13-19H2,1H3. The Morgan fingerprint density at radius 3 is 2.74 bits per heavy atom. The van der Waals surface area contributed by atoms with Crippen molar-refractivity contribution < 1.29 is 23.8 Å². The SMILES string of the molecule is CN1CCOc2ccccc2CCCCC2(CN(C(=O)COc3ccccc3Cl)CCO2)C1=O. The van der Waals surface area contributed by atoms with Crippen molar-refractivity contribution in [3.63, 3.8) is 0 Å². The fourth-order valence-electron chi connectivity index (χ4n) is 4.50. The van der Waals surface area contributed by atoms with E-state index in [1.54, 1.807) is 41.1 Å². The number of fused-ring (bicyclic) bond motifs is 1. The van der Waals surface area contributed by atoms with Gasteiger partial charge in [-0.2, -0.15) is 0 Å². The lowest BCUT2D eigenvalue weighted by Crippen LogP contribution is -2.61. The fraction of sp³-hybridized carbons (Fsp3) is 0.462. The monoisotopic (exact) mass is 486 g/mol. The first-order valence-electron chi connectivity index (χ1n) is 11.7. The molecule has 2 aromatic carbocycles. The summed E-state index contributed by atoms with van der Waals surface area (Å²) < 4.78 is 17.8. The van der Waals surface area contributed by atoms with E-state index in [2.05, 4.69) is 6.07 Å². The van der Waals surface area contributed by atoms with Crippen LogP contribution in [0, 0.1) is 0 Å². The highest BCUT2D eigenvalue weighted by Crippen LogP contribution is 2.29. The molecule has 1 atom stereocenters. The lowest BCUT2D eigenvalue weighted by atomic mass is 9.91. The summed E-state index contributed by atoms with van der Waals surface area (Å²) in [6.45, 7) is 1.61. The quantitative estimate of drug-likeness (QED) is 0.663. The van der Waals surface area contributed by atoms with Crippen molar-refractivity contribution >= 4 is 23.4 Å². The Hall–Kier alpha value is -2.77. The van der Waals surface area contributed by atoms with Crippen LogP contribution in [0.2, 0.25) is 5.02 Å². The van der Waals surface area contributed by atoms with Gasteiger partial charge in [-0.05, 0) is 49.4 Å². The van der Waals surface area contributed by atoms with Crippen molar-refractivity contribution in [2.24, 2.45) is 0 Å². The molecule has 0 aromatic heterocycles. The number of carbonyl (C=O) groups excluding carboxylic acids is 2. The fourth-order valence-corrected chi connectivity index (χ4v) is 4.69. The molecule has 2 aliphatic heterocycles. The molecule has 7 nitrogen and oxygen atoms in total. The summed E-state index contributed by atoms with van der Waals surface area (Å²) in [5.41, 5.74) is 0.107. The summed E-state index contributed by atoms with van der Waals surface area (Å²) in [7, 11) is 1.76. The van der Waals surface area contributed by atoms with Crippen molar-refractivity contribution in [2.75, 3.05) is 46.5 Å². The highest BCUT2D eigenvalue weighted by Gasteiger charge is 2.46. The van der Waals surface area contributed by atoms with Crippen LogP contribution in [0.1, 0.15) is 24.8 Å². The molecular weight excluding hydrogens is 456 g/mol. The Labute approximate surface area is 205 Å². The number of benzene rings is 2. The molecule has 0 radical (unpaired) electrons. The molecule has 0 saturated carbocycles. The summed E-state index contributed by atoms with van der Waals surface area (Å²) >= 11 is 6.13. The van der Waals surface area contributed by atoms with E-state index in [1.165, 1.54) is 5.56 Å². The van der Waals surface area contributed by atoms with E-state index >= 15 is 0 Å². The van der Waals surface area contributed by atoms with Crippen LogP contribution in [0.3, 0.4) is 0 Å². The first kappa shape index (κ1) is 24.4. The maximum Gasteiger partial charge on any atom is 0.260 e. The molecule has 0 bridgehead atoms. The molecule has 4 rings (SSSR count). The van der Waals surface area contributed by atoms with E-state index in [0.29, 0.717) is 43.5 Å². The average molecular weight is 487 g/mol. The molecule has 2 heterocycles. The zero-order chi connectivity index (χ0) is 24.0. The predicted molar refractivity (Wildman–Crippen MR) is 129 cm³/mol.